The highest BCUT2D eigenvalue weighted by molar-refractivity contribution is 5.70. The second kappa shape index (κ2) is 6.76. The van der Waals surface area contributed by atoms with Crippen LogP contribution in [0.4, 0.5) is 4.79 Å². The summed E-state index contributed by atoms with van der Waals surface area (Å²) in [6.45, 7) is 9.61. The molecule has 2 unspecified atom stereocenters. The average Bonchev–Trinajstić information content (AvgIpc) is 2.78. The molecule has 2 heterocycles. The van der Waals surface area contributed by atoms with Gasteiger partial charge in [-0.3, -0.25) is 0 Å². The Morgan fingerprint density at radius 2 is 1.77 bits per heavy atom. The summed E-state index contributed by atoms with van der Waals surface area (Å²) >= 11 is 0. The van der Waals surface area contributed by atoms with Crippen LogP contribution in [0, 0.1) is 0 Å². The fraction of sp³-hybridized carbons (Fsp3) is 0.667. The van der Waals surface area contributed by atoms with Crippen LogP contribution >= 0.6 is 0 Å². The predicted octanol–water partition coefficient (Wildman–Crippen LogP) is 4.22. The number of nitrogens with zero attached hydrogens (tertiary/aromatic N) is 1. The number of rotatable bonds is 3. The van der Waals surface area contributed by atoms with Crippen molar-refractivity contribution in [1.29, 1.82) is 0 Å². The molecule has 0 saturated carbocycles. The van der Waals surface area contributed by atoms with Crippen molar-refractivity contribution in [3.05, 3.63) is 29.8 Å². The third-order valence-corrected chi connectivity index (χ3v) is 5.12. The van der Waals surface area contributed by atoms with E-state index in [1.54, 1.807) is 0 Å². The van der Waals surface area contributed by atoms with Crippen molar-refractivity contribution in [3.8, 4) is 5.75 Å². The lowest BCUT2D eigenvalue weighted by atomic mass is 9.80. The number of amides is 1. The van der Waals surface area contributed by atoms with E-state index in [0.717, 1.165) is 24.2 Å². The highest BCUT2D eigenvalue weighted by Gasteiger charge is 2.51. The van der Waals surface area contributed by atoms with E-state index >= 15 is 0 Å². The lowest BCUT2D eigenvalue weighted by Crippen LogP contribution is -2.53. The van der Waals surface area contributed by atoms with E-state index in [4.69, 9.17) is 9.47 Å². The van der Waals surface area contributed by atoms with Crippen molar-refractivity contribution in [3.63, 3.8) is 0 Å². The van der Waals surface area contributed by atoms with Crippen molar-refractivity contribution in [2.24, 2.45) is 0 Å². The van der Waals surface area contributed by atoms with Crippen LogP contribution in [-0.4, -0.2) is 39.9 Å². The summed E-state index contributed by atoms with van der Waals surface area (Å²) in [5, 5.41) is 11.5. The number of piperidine rings is 1. The molecule has 2 aliphatic heterocycles. The number of para-hydroxylation sites is 1. The minimum atomic E-state index is -0.976. The minimum absolute atomic E-state index is 0.000654. The van der Waals surface area contributed by atoms with Crippen LogP contribution in [0.25, 0.3) is 0 Å². The molecule has 1 amide bonds. The Morgan fingerprint density at radius 3 is 2.31 bits per heavy atom. The molecule has 3 rings (SSSR count). The van der Waals surface area contributed by atoms with Crippen LogP contribution < -0.4 is 4.74 Å². The molecule has 1 N–H and O–H groups in total. The summed E-state index contributed by atoms with van der Waals surface area (Å²) in [7, 11) is 0. The Kier molecular flexibility index (Phi) is 4.95. The van der Waals surface area contributed by atoms with Crippen molar-refractivity contribution in [2.75, 3.05) is 0 Å². The number of carbonyl (C=O) groups excluding carboxylic acids is 1. The SMILES string of the molecule is CC(C)Oc1ccccc1C1(O)CC2CCC(C1)N2C(=O)OC(C)(C)C. The smallest absolute Gasteiger partial charge is 0.410 e. The van der Waals surface area contributed by atoms with Crippen LogP contribution in [0.3, 0.4) is 0 Å². The maximum absolute atomic E-state index is 12.6. The Balaban J connectivity index is 1.83. The zero-order valence-corrected chi connectivity index (χ0v) is 16.5. The zero-order valence-electron chi connectivity index (χ0n) is 16.5. The van der Waals surface area contributed by atoms with E-state index < -0.39 is 11.2 Å². The fourth-order valence-electron chi connectivity index (χ4n) is 4.27. The number of hydrogen-bond acceptors (Lipinski definition) is 4. The van der Waals surface area contributed by atoms with E-state index in [-0.39, 0.29) is 24.3 Å². The molecule has 1 aromatic carbocycles. The van der Waals surface area contributed by atoms with Crippen LogP contribution in [0.2, 0.25) is 0 Å². The molecule has 2 saturated heterocycles. The number of benzene rings is 1. The summed E-state index contributed by atoms with van der Waals surface area (Å²) in [5.41, 5.74) is -0.660. The zero-order chi connectivity index (χ0) is 19.1. The molecule has 2 atom stereocenters. The molecule has 2 fully saturated rings. The molecule has 5 heteroatoms. The Labute approximate surface area is 156 Å². The molecule has 0 radical (unpaired) electrons. The summed E-state index contributed by atoms with van der Waals surface area (Å²) in [6, 6.07) is 7.72. The van der Waals surface area contributed by atoms with E-state index in [2.05, 4.69) is 0 Å². The minimum Gasteiger partial charge on any atom is -0.491 e. The second-order valence-corrected chi connectivity index (χ2v) is 8.88. The number of hydrogen-bond donors (Lipinski definition) is 1. The first-order chi connectivity index (χ1) is 12.1. The first-order valence-corrected chi connectivity index (χ1v) is 9.59. The molecule has 2 aliphatic rings. The fourth-order valence-corrected chi connectivity index (χ4v) is 4.27. The molecule has 0 aromatic heterocycles. The Bertz CT molecular complexity index is 650. The van der Waals surface area contributed by atoms with Gasteiger partial charge < -0.3 is 19.5 Å². The van der Waals surface area contributed by atoms with E-state index in [0.29, 0.717) is 12.8 Å². The number of fused-ring (bicyclic) bond motifs is 2. The van der Waals surface area contributed by atoms with Crippen molar-refractivity contribution in [1.82, 2.24) is 4.90 Å². The topological polar surface area (TPSA) is 59.0 Å². The number of carbonyl (C=O) groups is 1. The monoisotopic (exact) mass is 361 g/mol. The first kappa shape index (κ1) is 19.0. The number of aliphatic hydroxyl groups is 1. The molecule has 5 nitrogen and oxygen atoms in total. The number of ether oxygens (including phenoxy) is 2. The summed E-state index contributed by atoms with van der Waals surface area (Å²) in [4.78, 5) is 14.5. The van der Waals surface area contributed by atoms with Crippen molar-refractivity contribution in [2.45, 2.75) is 89.7 Å². The molecular weight excluding hydrogens is 330 g/mol. The van der Waals surface area contributed by atoms with Gasteiger partial charge in [0.2, 0.25) is 0 Å². The second-order valence-electron chi connectivity index (χ2n) is 8.88. The van der Waals surface area contributed by atoms with Crippen molar-refractivity contribution < 1.29 is 19.4 Å². The molecule has 2 bridgehead atoms. The van der Waals surface area contributed by atoms with E-state index in [1.165, 1.54) is 0 Å². The predicted molar refractivity (Wildman–Crippen MR) is 100 cm³/mol. The molecule has 26 heavy (non-hydrogen) atoms. The van der Waals surface area contributed by atoms with Gasteiger partial charge in [-0.25, -0.2) is 4.79 Å². The van der Waals surface area contributed by atoms with Gasteiger partial charge in [0.1, 0.15) is 11.4 Å². The molecule has 0 spiro atoms. The highest BCUT2D eigenvalue weighted by atomic mass is 16.6. The van der Waals surface area contributed by atoms with Crippen LogP contribution in [0.5, 0.6) is 5.75 Å². The largest absolute Gasteiger partial charge is 0.491 e. The molecular formula is C21H31NO4. The molecule has 144 valence electrons. The van der Waals surface area contributed by atoms with Gasteiger partial charge >= 0.3 is 6.09 Å². The van der Waals surface area contributed by atoms with Crippen LogP contribution in [-0.2, 0) is 10.3 Å². The Hall–Kier alpha value is -1.75. The molecule has 0 aliphatic carbocycles. The van der Waals surface area contributed by atoms with Gasteiger partial charge in [-0.1, -0.05) is 18.2 Å². The third-order valence-electron chi connectivity index (χ3n) is 5.12. The van der Waals surface area contributed by atoms with Crippen LogP contribution in [0.15, 0.2) is 24.3 Å². The summed E-state index contributed by atoms with van der Waals surface area (Å²) in [6.07, 6.45) is 2.61. The van der Waals surface area contributed by atoms with Gasteiger partial charge in [0.15, 0.2) is 0 Å². The van der Waals surface area contributed by atoms with Gasteiger partial charge in [-0.15, -0.1) is 0 Å². The Morgan fingerprint density at radius 1 is 1.19 bits per heavy atom. The van der Waals surface area contributed by atoms with Gasteiger partial charge in [-0.05, 0) is 53.5 Å². The van der Waals surface area contributed by atoms with Gasteiger partial charge in [0.05, 0.1) is 11.7 Å². The van der Waals surface area contributed by atoms with Crippen molar-refractivity contribution >= 4 is 6.09 Å². The molecule has 1 aromatic rings. The van der Waals surface area contributed by atoms with Crippen LogP contribution in [0.1, 0.15) is 65.9 Å². The lowest BCUT2D eigenvalue weighted by molar-refractivity contribution is -0.0637. The normalized spacial score (nSPS) is 28.3. The quantitative estimate of drug-likeness (QED) is 0.875. The first-order valence-electron chi connectivity index (χ1n) is 9.59. The maximum atomic E-state index is 12.6. The van der Waals surface area contributed by atoms with Gasteiger partial charge in [-0.2, -0.15) is 0 Å². The van der Waals surface area contributed by atoms with E-state index in [9.17, 15) is 9.90 Å². The highest BCUT2D eigenvalue weighted by Crippen LogP contribution is 2.48. The van der Waals surface area contributed by atoms with Gasteiger partial charge in [0, 0.05) is 30.5 Å². The average molecular weight is 361 g/mol. The maximum Gasteiger partial charge on any atom is 0.410 e. The standard InChI is InChI=1S/C21H31NO4/c1-14(2)25-18-9-7-6-8-17(18)21(24)12-15-10-11-16(13-21)22(15)19(23)26-20(3,4)5/h6-9,14-16,24H,10-13H2,1-5H3. The van der Waals surface area contributed by atoms with Gasteiger partial charge in [0.25, 0.3) is 0 Å². The van der Waals surface area contributed by atoms with E-state index in [1.807, 2.05) is 63.8 Å². The summed E-state index contributed by atoms with van der Waals surface area (Å²) in [5.74, 6) is 0.732. The lowest BCUT2D eigenvalue weighted by Gasteiger charge is -2.44. The summed E-state index contributed by atoms with van der Waals surface area (Å²) < 4.78 is 11.5. The third kappa shape index (κ3) is 3.83.